The van der Waals surface area contributed by atoms with Gasteiger partial charge in [-0.2, -0.15) is 0 Å². The van der Waals surface area contributed by atoms with Crippen molar-refractivity contribution in [3.8, 4) is 5.75 Å². The van der Waals surface area contributed by atoms with Crippen LogP contribution >= 0.6 is 11.3 Å². The fourth-order valence-corrected chi connectivity index (χ4v) is 7.31. The fourth-order valence-electron chi connectivity index (χ4n) is 6.02. The highest BCUT2D eigenvalue weighted by molar-refractivity contribution is 7.19. The van der Waals surface area contributed by atoms with Crippen LogP contribution in [0.2, 0.25) is 0 Å². The molecule has 3 aromatic heterocycles. The standard InChI is InChI=1S/C26H33N5O5S/c27-24(33)18(32)13-15-1-6-20-22(15)23-19(14-21(29-25(23)37-20)30-26-28-7-10-35-26)36-17-4-2-16(3-5-17)31-8-11-34-12-9-31/h7,10,14-18,32H,1-6,8-9,11-13H2,(H2,27,33)(H,28,29,30)/t15-,16-,17-,18+/m1/s1. The Morgan fingerprint density at radius 2 is 2.08 bits per heavy atom. The highest BCUT2D eigenvalue weighted by atomic mass is 32.1. The average molecular weight is 528 g/mol. The number of pyridine rings is 1. The zero-order valence-electron chi connectivity index (χ0n) is 20.7. The fraction of sp³-hybridized carbons (Fsp3) is 0.577. The summed E-state index contributed by atoms with van der Waals surface area (Å²) in [7, 11) is 0. The lowest BCUT2D eigenvalue weighted by Gasteiger charge is -2.38. The van der Waals surface area contributed by atoms with E-state index in [4.69, 9.17) is 24.6 Å². The first-order valence-electron chi connectivity index (χ1n) is 13.1. The molecule has 1 amide bonds. The lowest BCUT2D eigenvalue weighted by atomic mass is 9.91. The molecule has 0 bridgehead atoms. The van der Waals surface area contributed by atoms with E-state index in [1.165, 1.54) is 11.1 Å². The molecule has 1 saturated heterocycles. The second-order valence-corrected chi connectivity index (χ2v) is 11.3. The molecule has 6 rings (SSSR count). The average Bonchev–Trinajstić information content (AvgIpc) is 3.63. The third-order valence-electron chi connectivity index (χ3n) is 7.87. The summed E-state index contributed by atoms with van der Waals surface area (Å²) in [6, 6.07) is 2.89. The van der Waals surface area contributed by atoms with E-state index in [-0.39, 0.29) is 12.0 Å². The van der Waals surface area contributed by atoms with Crippen LogP contribution in [-0.4, -0.2) is 70.4 Å². The summed E-state index contributed by atoms with van der Waals surface area (Å²) in [5, 5.41) is 14.4. The number of carbonyl (C=O) groups is 1. The summed E-state index contributed by atoms with van der Waals surface area (Å²) in [6.07, 6.45) is 8.32. The van der Waals surface area contributed by atoms with Crippen molar-refractivity contribution in [1.29, 1.82) is 0 Å². The van der Waals surface area contributed by atoms with Gasteiger partial charge in [-0.25, -0.2) is 9.97 Å². The number of nitrogens with two attached hydrogens (primary N) is 1. The van der Waals surface area contributed by atoms with Crippen molar-refractivity contribution in [3.63, 3.8) is 0 Å². The molecule has 2 fully saturated rings. The molecule has 1 saturated carbocycles. The van der Waals surface area contributed by atoms with Crippen LogP contribution in [0.5, 0.6) is 5.75 Å². The van der Waals surface area contributed by atoms with Crippen molar-refractivity contribution >= 4 is 39.3 Å². The Morgan fingerprint density at radius 3 is 2.81 bits per heavy atom. The Morgan fingerprint density at radius 1 is 1.27 bits per heavy atom. The molecule has 10 nitrogen and oxygen atoms in total. The third-order valence-corrected chi connectivity index (χ3v) is 9.03. The number of thiophene rings is 1. The summed E-state index contributed by atoms with van der Waals surface area (Å²) in [5.41, 5.74) is 6.51. The minimum Gasteiger partial charge on any atom is -0.490 e. The molecular weight excluding hydrogens is 494 g/mol. The summed E-state index contributed by atoms with van der Waals surface area (Å²) < 4.78 is 17.6. The van der Waals surface area contributed by atoms with Crippen molar-refractivity contribution < 1.29 is 23.8 Å². The number of aryl methyl sites for hydroxylation is 1. The van der Waals surface area contributed by atoms with Crippen LogP contribution in [-0.2, 0) is 16.0 Å². The number of aliphatic hydroxyl groups is 1. The van der Waals surface area contributed by atoms with Gasteiger partial charge >= 0.3 is 0 Å². The Bertz CT molecular complexity index is 1230. The van der Waals surface area contributed by atoms with Crippen LogP contribution in [0.3, 0.4) is 0 Å². The van der Waals surface area contributed by atoms with Gasteiger partial charge in [-0.05, 0) is 56.4 Å². The predicted molar refractivity (Wildman–Crippen MR) is 139 cm³/mol. The molecule has 0 spiro atoms. The van der Waals surface area contributed by atoms with E-state index >= 15 is 0 Å². The number of amides is 1. The van der Waals surface area contributed by atoms with E-state index in [0.717, 1.165) is 86.4 Å². The lowest BCUT2D eigenvalue weighted by molar-refractivity contribution is -0.126. The number of nitrogens with one attached hydrogen (secondary N) is 1. The number of oxazole rings is 1. The molecule has 4 heterocycles. The number of aliphatic hydroxyl groups excluding tert-OH is 1. The largest absolute Gasteiger partial charge is 0.490 e. The highest BCUT2D eigenvalue weighted by Crippen LogP contribution is 2.49. The molecule has 11 heteroatoms. The van der Waals surface area contributed by atoms with Gasteiger partial charge in [-0.1, -0.05) is 0 Å². The molecule has 2 atom stereocenters. The highest BCUT2D eigenvalue weighted by Gasteiger charge is 2.34. The van der Waals surface area contributed by atoms with Gasteiger partial charge in [0.2, 0.25) is 5.91 Å². The zero-order valence-corrected chi connectivity index (χ0v) is 21.5. The number of carbonyl (C=O) groups excluding carboxylic acids is 1. The SMILES string of the molecule is NC(=O)[C@@H](O)C[C@H]1CCc2sc3nc(Nc4ncco4)cc(O[C@H]4CC[C@H](N5CCOCC5)CC4)c3c21. The van der Waals surface area contributed by atoms with E-state index in [1.54, 1.807) is 17.5 Å². The van der Waals surface area contributed by atoms with Gasteiger partial charge in [0.15, 0.2) is 0 Å². The second kappa shape index (κ2) is 10.6. The maximum Gasteiger partial charge on any atom is 0.300 e. The van der Waals surface area contributed by atoms with Gasteiger partial charge in [0.1, 0.15) is 28.8 Å². The van der Waals surface area contributed by atoms with E-state index in [0.29, 0.717) is 24.3 Å². The molecular formula is C26H33N5O5S. The predicted octanol–water partition coefficient (Wildman–Crippen LogP) is 3.32. The number of nitrogens with zero attached hydrogens (tertiary/aromatic N) is 3. The van der Waals surface area contributed by atoms with Crippen LogP contribution in [0.25, 0.3) is 10.2 Å². The summed E-state index contributed by atoms with van der Waals surface area (Å²) in [5.74, 6) is 0.752. The number of anilines is 2. The van der Waals surface area contributed by atoms with Gasteiger partial charge in [0, 0.05) is 30.1 Å². The minimum atomic E-state index is -1.16. The first-order valence-corrected chi connectivity index (χ1v) is 14.0. The number of hydrogen-bond donors (Lipinski definition) is 3. The smallest absolute Gasteiger partial charge is 0.300 e. The number of ether oxygens (including phenoxy) is 2. The number of morpholine rings is 1. The number of aromatic nitrogens is 2. The van der Waals surface area contributed by atoms with Gasteiger partial charge in [0.05, 0.1) is 30.9 Å². The molecule has 3 aliphatic rings. The molecule has 0 unspecified atom stereocenters. The molecule has 4 N–H and O–H groups in total. The first-order chi connectivity index (χ1) is 18.0. The minimum absolute atomic E-state index is 0.0398. The maximum absolute atomic E-state index is 11.6. The molecule has 3 aromatic rings. The van der Waals surface area contributed by atoms with Crippen molar-refractivity contribution in [2.45, 2.75) is 69.1 Å². The zero-order chi connectivity index (χ0) is 25.4. The van der Waals surface area contributed by atoms with Crippen molar-refractivity contribution in [2.24, 2.45) is 5.73 Å². The van der Waals surface area contributed by atoms with Crippen LogP contribution in [0.1, 0.15) is 54.9 Å². The second-order valence-electron chi connectivity index (χ2n) is 10.2. The Hall–Kier alpha value is -2.73. The van der Waals surface area contributed by atoms with Gasteiger partial charge in [-0.15, -0.1) is 11.3 Å². The van der Waals surface area contributed by atoms with E-state index in [2.05, 4.69) is 15.2 Å². The molecule has 198 valence electrons. The molecule has 0 aromatic carbocycles. The summed E-state index contributed by atoms with van der Waals surface area (Å²) in [6.45, 7) is 3.66. The van der Waals surface area contributed by atoms with Gasteiger partial charge in [0.25, 0.3) is 6.01 Å². The third kappa shape index (κ3) is 5.18. The van der Waals surface area contributed by atoms with Crippen LogP contribution < -0.4 is 15.8 Å². The van der Waals surface area contributed by atoms with Crippen LogP contribution in [0.4, 0.5) is 11.8 Å². The molecule has 1 aliphatic heterocycles. The molecule has 37 heavy (non-hydrogen) atoms. The van der Waals surface area contributed by atoms with Gasteiger partial charge in [-0.3, -0.25) is 15.0 Å². The number of fused-ring (bicyclic) bond motifs is 3. The number of hydrogen-bond acceptors (Lipinski definition) is 10. The quantitative estimate of drug-likeness (QED) is 0.403. The Labute approximate surface area is 219 Å². The maximum atomic E-state index is 11.6. The monoisotopic (exact) mass is 527 g/mol. The summed E-state index contributed by atoms with van der Waals surface area (Å²) in [4.78, 5) is 25.2. The Kier molecular flexibility index (Phi) is 7.02. The topological polar surface area (TPSA) is 136 Å². The van der Waals surface area contributed by atoms with Crippen molar-refractivity contribution in [3.05, 3.63) is 29.0 Å². The Balaban J connectivity index is 1.27. The first kappa shape index (κ1) is 24.6. The van der Waals surface area contributed by atoms with Crippen LogP contribution in [0.15, 0.2) is 22.9 Å². The van der Waals surface area contributed by atoms with Crippen molar-refractivity contribution in [2.75, 3.05) is 31.6 Å². The van der Waals surface area contributed by atoms with Crippen molar-refractivity contribution in [1.82, 2.24) is 14.9 Å². The van der Waals surface area contributed by atoms with E-state index in [1.807, 2.05) is 6.07 Å². The summed E-state index contributed by atoms with van der Waals surface area (Å²) >= 11 is 1.65. The lowest BCUT2D eigenvalue weighted by Crippen LogP contribution is -2.46. The van der Waals surface area contributed by atoms with Gasteiger partial charge < -0.3 is 24.7 Å². The van der Waals surface area contributed by atoms with Crippen LogP contribution in [0, 0.1) is 0 Å². The normalized spacial score (nSPS) is 25.2. The number of rotatable bonds is 8. The molecule has 0 radical (unpaired) electrons. The van der Waals surface area contributed by atoms with E-state index < -0.39 is 12.0 Å². The van der Waals surface area contributed by atoms with E-state index in [9.17, 15) is 9.90 Å². The number of primary amides is 1. The molecule has 2 aliphatic carbocycles.